The summed E-state index contributed by atoms with van der Waals surface area (Å²) in [6.45, 7) is 9.49. The number of carbonyl (C=O) groups excluding carboxylic acids is 1. The van der Waals surface area contributed by atoms with Gasteiger partial charge >= 0.3 is 0 Å². The standard InChI is InChI=1S/C26H32N6O3S/c1-5-31(6-2)18(3)16-27-26(33)19-14-22(29-24(15-19)35-12-11-34-4)20-17-28-32-10-9-21(30-25(20)32)23-8-7-13-36-23/h7-10,13-15,17-18H,5-6,11-12,16H2,1-4H3,(H,27,33)/t18-/m0/s1. The number of hydrogen-bond donors (Lipinski definition) is 1. The lowest BCUT2D eigenvalue weighted by atomic mass is 10.1. The van der Waals surface area contributed by atoms with Crippen LogP contribution in [0.1, 0.15) is 31.1 Å². The maximum absolute atomic E-state index is 13.2. The number of hydrogen-bond acceptors (Lipinski definition) is 8. The van der Waals surface area contributed by atoms with Crippen LogP contribution in [0.4, 0.5) is 0 Å². The smallest absolute Gasteiger partial charge is 0.251 e. The zero-order chi connectivity index (χ0) is 25.5. The van der Waals surface area contributed by atoms with Crippen LogP contribution in [0.2, 0.25) is 0 Å². The zero-order valence-electron chi connectivity index (χ0n) is 21.1. The third kappa shape index (κ3) is 5.89. The summed E-state index contributed by atoms with van der Waals surface area (Å²) in [5, 5.41) is 9.52. The average Bonchev–Trinajstić information content (AvgIpc) is 3.58. The van der Waals surface area contributed by atoms with Gasteiger partial charge in [-0.05, 0) is 43.6 Å². The second kappa shape index (κ2) is 12.1. The fourth-order valence-corrected chi connectivity index (χ4v) is 4.70. The molecule has 0 aliphatic rings. The van der Waals surface area contributed by atoms with Gasteiger partial charge in [0.2, 0.25) is 5.88 Å². The summed E-state index contributed by atoms with van der Waals surface area (Å²) in [6, 6.07) is 9.61. The molecule has 1 atom stereocenters. The number of aromatic nitrogens is 4. The molecule has 0 saturated carbocycles. The van der Waals surface area contributed by atoms with Crippen molar-refractivity contribution >= 4 is 22.9 Å². The maximum atomic E-state index is 13.2. The van der Waals surface area contributed by atoms with Crippen LogP contribution in [0.25, 0.3) is 27.5 Å². The van der Waals surface area contributed by atoms with Crippen LogP contribution in [0.3, 0.4) is 0 Å². The van der Waals surface area contributed by atoms with E-state index in [2.05, 4.69) is 41.1 Å². The largest absolute Gasteiger partial charge is 0.475 e. The second-order valence-electron chi connectivity index (χ2n) is 8.32. The number of fused-ring (bicyclic) bond motifs is 1. The van der Waals surface area contributed by atoms with E-state index >= 15 is 0 Å². The Morgan fingerprint density at radius 1 is 1.17 bits per heavy atom. The summed E-state index contributed by atoms with van der Waals surface area (Å²) < 4.78 is 12.6. The number of amides is 1. The molecule has 0 saturated heterocycles. The summed E-state index contributed by atoms with van der Waals surface area (Å²) in [7, 11) is 1.61. The number of methoxy groups -OCH3 is 1. The van der Waals surface area contributed by atoms with Crippen LogP contribution in [-0.4, -0.2) is 76.4 Å². The van der Waals surface area contributed by atoms with E-state index < -0.39 is 0 Å². The lowest BCUT2D eigenvalue weighted by molar-refractivity contribution is 0.0937. The maximum Gasteiger partial charge on any atom is 0.251 e. The number of rotatable bonds is 12. The van der Waals surface area contributed by atoms with Gasteiger partial charge in [-0.15, -0.1) is 11.3 Å². The molecular formula is C26H32N6O3S. The lowest BCUT2D eigenvalue weighted by Crippen LogP contribution is -2.42. The molecule has 0 spiro atoms. The van der Waals surface area contributed by atoms with Gasteiger partial charge in [-0.1, -0.05) is 19.9 Å². The molecule has 1 amide bonds. The van der Waals surface area contributed by atoms with Crippen molar-refractivity contribution in [1.29, 1.82) is 0 Å². The number of pyridine rings is 1. The first kappa shape index (κ1) is 25.7. The number of thiophene rings is 1. The molecule has 36 heavy (non-hydrogen) atoms. The number of nitrogens with one attached hydrogen (secondary N) is 1. The van der Waals surface area contributed by atoms with Crippen LogP contribution in [0.15, 0.2) is 48.1 Å². The van der Waals surface area contributed by atoms with Crippen molar-refractivity contribution in [3.8, 4) is 27.7 Å². The van der Waals surface area contributed by atoms with Gasteiger partial charge in [-0.25, -0.2) is 14.5 Å². The van der Waals surface area contributed by atoms with E-state index in [9.17, 15) is 4.79 Å². The highest BCUT2D eigenvalue weighted by atomic mass is 32.1. The predicted molar refractivity (Wildman–Crippen MR) is 142 cm³/mol. The molecule has 0 bridgehead atoms. The van der Waals surface area contributed by atoms with E-state index in [0.717, 1.165) is 29.2 Å². The summed E-state index contributed by atoms with van der Waals surface area (Å²) in [4.78, 5) is 26.0. The molecule has 0 unspecified atom stereocenters. The Morgan fingerprint density at radius 2 is 2.00 bits per heavy atom. The molecule has 1 N–H and O–H groups in total. The van der Waals surface area contributed by atoms with Gasteiger partial charge in [0.15, 0.2) is 5.65 Å². The van der Waals surface area contributed by atoms with Crippen LogP contribution in [0.5, 0.6) is 5.88 Å². The Labute approximate surface area is 215 Å². The van der Waals surface area contributed by atoms with Gasteiger partial charge in [-0.2, -0.15) is 5.10 Å². The highest BCUT2D eigenvalue weighted by molar-refractivity contribution is 7.13. The number of carbonyl (C=O) groups is 1. The van der Waals surface area contributed by atoms with E-state index in [1.54, 1.807) is 41.3 Å². The molecule has 4 rings (SSSR count). The minimum absolute atomic E-state index is 0.182. The van der Waals surface area contributed by atoms with Crippen molar-refractivity contribution < 1.29 is 14.3 Å². The Kier molecular flexibility index (Phi) is 8.63. The first-order chi connectivity index (χ1) is 17.5. The minimum atomic E-state index is -0.182. The molecule has 190 valence electrons. The summed E-state index contributed by atoms with van der Waals surface area (Å²) in [6.07, 6.45) is 3.59. The molecule has 0 aliphatic carbocycles. The van der Waals surface area contributed by atoms with Gasteiger partial charge in [0.25, 0.3) is 5.91 Å². The summed E-state index contributed by atoms with van der Waals surface area (Å²) >= 11 is 1.63. The van der Waals surface area contributed by atoms with E-state index in [1.807, 2.05) is 29.8 Å². The van der Waals surface area contributed by atoms with Crippen LogP contribution < -0.4 is 10.1 Å². The Morgan fingerprint density at radius 3 is 2.72 bits per heavy atom. The van der Waals surface area contributed by atoms with E-state index in [1.165, 1.54) is 0 Å². The van der Waals surface area contributed by atoms with Crippen molar-refractivity contribution in [2.75, 3.05) is 40.0 Å². The Hall–Kier alpha value is -3.34. The summed E-state index contributed by atoms with van der Waals surface area (Å²) in [5.41, 5.74) is 3.26. The van der Waals surface area contributed by atoms with Gasteiger partial charge < -0.3 is 14.8 Å². The van der Waals surface area contributed by atoms with E-state index in [0.29, 0.717) is 42.5 Å². The van der Waals surface area contributed by atoms with Crippen LogP contribution in [0, 0.1) is 0 Å². The Balaban J connectivity index is 1.66. The molecule has 0 fully saturated rings. The van der Waals surface area contributed by atoms with Gasteiger partial charge in [0, 0.05) is 37.5 Å². The molecular weight excluding hydrogens is 476 g/mol. The number of ether oxygens (including phenoxy) is 2. The van der Waals surface area contributed by atoms with E-state index in [4.69, 9.17) is 14.5 Å². The highest BCUT2D eigenvalue weighted by Gasteiger charge is 2.18. The molecule has 10 heteroatoms. The molecule has 4 aromatic rings. The van der Waals surface area contributed by atoms with Gasteiger partial charge in [0.1, 0.15) is 6.61 Å². The zero-order valence-corrected chi connectivity index (χ0v) is 21.9. The highest BCUT2D eigenvalue weighted by Crippen LogP contribution is 2.28. The topological polar surface area (TPSA) is 93.9 Å². The minimum Gasteiger partial charge on any atom is -0.475 e. The Bertz CT molecular complexity index is 1290. The third-order valence-electron chi connectivity index (χ3n) is 6.01. The van der Waals surface area contributed by atoms with Crippen molar-refractivity contribution in [3.63, 3.8) is 0 Å². The molecule has 4 aromatic heterocycles. The normalized spacial score (nSPS) is 12.2. The first-order valence-electron chi connectivity index (χ1n) is 12.1. The number of nitrogens with zero attached hydrogens (tertiary/aromatic N) is 5. The van der Waals surface area contributed by atoms with E-state index in [-0.39, 0.29) is 11.9 Å². The second-order valence-corrected chi connectivity index (χ2v) is 9.27. The predicted octanol–water partition coefficient (Wildman–Crippen LogP) is 4.01. The summed E-state index contributed by atoms with van der Waals surface area (Å²) in [5.74, 6) is 0.165. The SMILES string of the molecule is CCN(CC)[C@@H](C)CNC(=O)c1cc(OCCOC)nc(-c2cnn3ccc(-c4cccs4)nc23)c1. The van der Waals surface area contributed by atoms with Crippen molar-refractivity contribution in [1.82, 2.24) is 29.8 Å². The first-order valence-corrected chi connectivity index (χ1v) is 13.0. The van der Waals surface area contributed by atoms with Crippen molar-refractivity contribution in [3.05, 3.63) is 53.7 Å². The van der Waals surface area contributed by atoms with Crippen LogP contribution >= 0.6 is 11.3 Å². The third-order valence-corrected chi connectivity index (χ3v) is 6.91. The van der Waals surface area contributed by atoms with Crippen molar-refractivity contribution in [2.24, 2.45) is 0 Å². The molecule has 4 heterocycles. The molecule has 0 aliphatic heterocycles. The fraction of sp³-hybridized carbons (Fsp3) is 0.385. The lowest BCUT2D eigenvalue weighted by Gasteiger charge is -2.26. The molecule has 0 radical (unpaired) electrons. The molecule has 9 nitrogen and oxygen atoms in total. The quantitative estimate of drug-likeness (QED) is 0.289. The monoisotopic (exact) mass is 508 g/mol. The number of likely N-dealkylation sites (N-methyl/N-ethyl adjacent to an activating group) is 1. The van der Waals surface area contributed by atoms with Crippen molar-refractivity contribution in [2.45, 2.75) is 26.8 Å². The van der Waals surface area contributed by atoms with Crippen LogP contribution in [-0.2, 0) is 4.74 Å². The van der Waals surface area contributed by atoms with Gasteiger partial charge in [0.05, 0.1) is 34.6 Å². The molecule has 0 aromatic carbocycles. The fourth-order valence-electron chi connectivity index (χ4n) is 4.01. The average molecular weight is 509 g/mol. The van der Waals surface area contributed by atoms with Gasteiger partial charge in [-0.3, -0.25) is 9.69 Å².